The van der Waals surface area contributed by atoms with Gasteiger partial charge in [-0.1, -0.05) is 18.2 Å². The number of furan rings is 1. The first-order valence-electron chi connectivity index (χ1n) is 6.21. The van der Waals surface area contributed by atoms with E-state index in [2.05, 4.69) is 10.6 Å². The van der Waals surface area contributed by atoms with Crippen molar-refractivity contribution in [2.75, 3.05) is 13.1 Å². The quantitative estimate of drug-likeness (QED) is 0.861. The van der Waals surface area contributed by atoms with Crippen LogP contribution in [-0.2, 0) is 11.3 Å². The lowest BCUT2D eigenvalue weighted by molar-refractivity contribution is -0.126. The Hall–Kier alpha value is -1.81. The van der Waals surface area contributed by atoms with Crippen LogP contribution in [0.4, 0.5) is 0 Å². The molecule has 0 atom stereocenters. The van der Waals surface area contributed by atoms with Crippen molar-refractivity contribution in [2.24, 2.45) is 5.92 Å². The summed E-state index contributed by atoms with van der Waals surface area (Å²) in [5.74, 6) is 1.07. The first kappa shape index (κ1) is 11.3. The molecule has 1 aromatic carbocycles. The van der Waals surface area contributed by atoms with E-state index in [-0.39, 0.29) is 11.8 Å². The molecule has 1 saturated heterocycles. The van der Waals surface area contributed by atoms with Gasteiger partial charge in [0.2, 0.25) is 5.91 Å². The lowest BCUT2D eigenvalue weighted by Gasteiger charge is -2.25. The van der Waals surface area contributed by atoms with Crippen molar-refractivity contribution >= 4 is 16.9 Å². The van der Waals surface area contributed by atoms with Crippen LogP contribution in [0.15, 0.2) is 28.7 Å². The minimum absolute atomic E-state index is 0.105. The number of benzene rings is 1. The van der Waals surface area contributed by atoms with Gasteiger partial charge >= 0.3 is 0 Å². The molecule has 0 saturated carbocycles. The Balaban J connectivity index is 1.74. The number of aryl methyl sites for hydroxylation is 1. The molecule has 0 bridgehead atoms. The fourth-order valence-electron chi connectivity index (χ4n) is 2.18. The average Bonchev–Trinajstić information content (AvgIpc) is 2.62. The average molecular weight is 244 g/mol. The zero-order valence-corrected chi connectivity index (χ0v) is 10.3. The Morgan fingerprint density at radius 3 is 2.89 bits per heavy atom. The fourth-order valence-corrected chi connectivity index (χ4v) is 2.18. The van der Waals surface area contributed by atoms with Crippen LogP contribution in [-0.4, -0.2) is 19.0 Å². The second-order valence-corrected chi connectivity index (χ2v) is 4.72. The van der Waals surface area contributed by atoms with Crippen LogP contribution in [0.2, 0.25) is 0 Å². The summed E-state index contributed by atoms with van der Waals surface area (Å²) < 4.78 is 5.75. The van der Waals surface area contributed by atoms with E-state index in [1.807, 2.05) is 31.2 Å². The Kier molecular flexibility index (Phi) is 2.80. The van der Waals surface area contributed by atoms with Gasteiger partial charge in [-0.2, -0.15) is 0 Å². The molecule has 4 heteroatoms. The zero-order valence-electron chi connectivity index (χ0n) is 10.3. The third-order valence-electron chi connectivity index (χ3n) is 3.52. The summed E-state index contributed by atoms with van der Waals surface area (Å²) in [6, 6.07) is 7.93. The molecule has 1 aliphatic rings. The summed E-state index contributed by atoms with van der Waals surface area (Å²) in [5, 5.41) is 7.14. The molecule has 1 aliphatic heterocycles. The van der Waals surface area contributed by atoms with Gasteiger partial charge in [0.15, 0.2) is 0 Å². The highest BCUT2D eigenvalue weighted by atomic mass is 16.3. The molecule has 94 valence electrons. The third kappa shape index (κ3) is 1.88. The largest absolute Gasteiger partial charge is 0.459 e. The first-order valence-corrected chi connectivity index (χ1v) is 6.21. The second-order valence-electron chi connectivity index (χ2n) is 4.72. The van der Waals surface area contributed by atoms with Crippen LogP contribution in [0.3, 0.4) is 0 Å². The van der Waals surface area contributed by atoms with Gasteiger partial charge in [0, 0.05) is 24.0 Å². The first-order chi connectivity index (χ1) is 8.75. The minimum Gasteiger partial charge on any atom is -0.459 e. The normalized spacial score (nSPS) is 15.6. The predicted octanol–water partition coefficient (Wildman–Crippen LogP) is 1.58. The number of hydrogen-bond donors (Lipinski definition) is 2. The Morgan fingerprint density at radius 1 is 1.44 bits per heavy atom. The molecule has 0 unspecified atom stereocenters. The summed E-state index contributed by atoms with van der Waals surface area (Å²) >= 11 is 0. The van der Waals surface area contributed by atoms with Gasteiger partial charge in [0.1, 0.15) is 11.3 Å². The molecule has 3 rings (SSSR count). The SMILES string of the molecule is Cc1c(CNC(=O)C2CNC2)oc2ccccc12. The van der Waals surface area contributed by atoms with Crippen LogP contribution in [0, 0.1) is 12.8 Å². The number of carbonyl (C=O) groups is 1. The van der Waals surface area contributed by atoms with E-state index in [1.165, 1.54) is 0 Å². The van der Waals surface area contributed by atoms with Gasteiger partial charge < -0.3 is 15.1 Å². The standard InChI is InChI=1S/C14H16N2O2/c1-9-11-4-2-3-5-12(11)18-13(9)8-16-14(17)10-6-15-7-10/h2-5,10,15H,6-8H2,1H3,(H,16,17). The molecule has 1 amide bonds. The van der Waals surface area contributed by atoms with Gasteiger partial charge in [-0.25, -0.2) is 0 Å². The highest BCUT2D eigenvalue weighted by Gasteiger charge is 2.24. The number of hydrogen-bond acceptors (Lipinski definition) is 3. The van der Waals surface area contributed by atoms with Gasteiger partial charge in [0.05, 0.1) is 12.5 Å². The molecular formula is C14H16N2O2. The van der Waals surface area contributed by atoms with E-state index < -0.39 is 0 Å². The van der Waals surface area contributed by atoms with E-state index in [1.54, 1.807) is 0 Å². The molecule has 4 nitrogen and oxygen atoms in total. The molecule has 0 aliphatic carbocycles. The maximum atomic E-state index is 11.7. The Bertz CT molecular complexity index is 584. The number of para-hydroxylation sites is 1. The monoisotopic (exact) mass is 244 g/mol. The number of amides is 1. The molecule has 1 aromatic heterocycles. The lowest BCUT2D eigenvalue weighted by atomic mass is 10.0. The van der Waals surface area contributed by atoms with Crippen molar-refractivity contribution in [1.82, 2.24) is 10.6 Å². The van der Waals surface area contributed by atoms with Gasteiger partial charge in [-0.15, -0.1) is 0 Å². The number of fused-ring (bicyclic) bond motifs is 1. The van der Waals surface area contributed by atoms with E-state index in [0.29, 0.717) is 6.54 Å². The summed E-state index contributed by atoms with van der Waals surface area (Å²) in [4.78, 5) is 11.7. The molecular weight excluding hydrogens is 228 g/mol. The van der Waals surface area contributed by atoms with E-state index in [9.17, 15) is 4.79 Å². The van der Waals surface area contributed by atoms with E-state index in [0.717, 1.165) is 35.4 Å². The van der Waals surface area contributed by atoms with Crippen LogP contribution < -0.4 is 10.6 Å². The fraction of sp³-hybridized carbons (Fsp3) is 0.357. The van der Waals surface area contributed by atoms with Gasteiger partial charge in [-0.3, -0.25) is 4.79 Å². The zero-order chi connectivity index (χ0) is 12.5. The topological polar surface area (TPSA) is 54.3 Å². The number of carbonyl (C=O) groups excluding carboxylic acids is 1. The third-order valence-corrected chi connectivity index (χ3v) is 3.52. The maximum absolute atomic E-state index is 11.7. The van der Waals surface area contributed by atoms with Gasteiger partial charge in [-0.05, 0) is 13.0 Å². The smallest absolute Gasteiger partial charge is 0.226 e. The molecule has 0 radical (unpaired) electrons. The van der Waals surface area contributed by atoms with E-state index in [4.69, 9.17) is 4.42 Å². The lowest BCUT2D eigenvalue weighted by Crippen LogP contribution is -2.50. The van der Waals surface area contributed by atoms with Crippen LogP contribution in [0.5, 0.6) is 0 Å². The minimum atomic E-state index is 0.105. The number of nitrogens with one attached hydrogen (secondary N) is 2. The second kappa shape index (κ2) is 4.46. The van der Waals surface area contributed by atoms with Gasteiger partial charge in [0.25, 0.3) is 0 Å². The van der Waals surface area contributed by atoms with Crippen LogP contribution in [0.25, 0.3) is 11.0 Å². The summed E-state index contributed by atoms with van der Waals surface area (Å²) in [5.41, 5.74) is 1.99. The van der Waals surface area contributed by atoms with Crippen molar-refractivity contribution in [3.05, 3.63) is 35.6 Å². The van der Waals surface area contributed by atoms with Crippen LogP contribution >= 0.6 is 0 Å². The molecule has 1 fully saturated rings. The van der Waals surface area contributed by atoms with Crippen molar-refractivity contribution in [3.8, 4) is 0 Å². The number of rotatable bonds is 3. The van der Waals surface area contributed by atoms with Crippen LogP contribution in [0.1, 0.15) is 11.3 Å². The molecule has 18 heavy (non-hydrogen) atoms. The summed E-state index contributed by atoms with van der Waals surface area (Å²) in [7, 11) is 0. The predicted molar refractivity (Wildman–Crippen MR) is 69.2 cm³/mol. The molecule has 0 spiro atoms. The highest BCUT2D eigenvalue weighted by molar-refractivity contribution is 5.83. The Morgan fingerprint density at radius 2 is 2.22 bits per heavy atom. The van der Waals surface area contributed by atoms with Crippen molar-refractivity contribution < 1.29 is 9.21 Å². The highest BCUT2D eigenvalue weighted by Crippen LogP contribution is 2.24. The molecule has 2 heterocycles. The van der Waals surface area contributed by atoms with Crippen molar-refractivity contribution in [3.63, 3.8) is 0 Å². The van der Waals surface area contributed by atoms with Crippen molar-refractivity contribution in [1.29, 1.82) is 0 Å². The van der Waals surface area contributed by atoms with Crippen molar-refractivity contribution in [2.45, 2.75) is 13.5 Å². The molecule has 2 aromatic rings. The molecule has 2 N–H and O–H groups in total. The maximum Gasteiger partial charge on any atom is 0.226 e. The summed E-state index contributed by atoms with van der Waals surface area (Å²) in [6.45, 7) is 4.06. The summed E-state index contributed by atoms with van der Waals surface area (Å²) in [6.07, 6.45) is 0. The van der Waals surface area contributed by atoms with E-state index >= 15 is 0 Å². The Labute approximate surface area is 105 Å².